The van der Waals surface area contributed by atoms with Gasteiger partial charge in [0.2, 0.25) is 17.7 Å². The minimum absolute atomic E-state index is 0.0337. The molecule has 0 aliphatic carbocycles. The Bertz CT molecular complexity index is 1380. The van der Waals surface area contributed by atoms with Crippen LogP contribution in [0.1, 0.15) is 10.4 Å². The molecule has 3 aromatic rings. The van der Waals surface area contributed by atoms with Crippen LogP contribution >= 0.6 is 11.3 Å². The Morgan fingerprint density at radius 1 is 1.03 bits per heavy atom. The molecular weight excluding hydrogens is 493 g/mol. The van der Waals surface area contributed by atoms with Gasteiger partial charge in [0.1, 0.15) is 17.5 Å². The second-order valence-electron chi connectivity index (χ2n) is 9.42. The lowest BCUT2D eigenvalue weighted by Crippen LogP contribution is -2.54. The van der Waals surface area contributed by atoms with E-state index in [0.29, 0.717) is 6.54 Å². The summed E-state index contributed by atoms with van der Waals surface area (Å²) in [5.74, 6) is -3.55. The first-order chi connectivity index (χ1) is 18.0. The number of amides is 3. The van der Waals surface area contributed by atoms with Gasteiger partial charge in [-0.2, -0.15) is 0 Å². The zero-order chi connectivity index (χ0) is 25.6. The number of para-hydroxylation sites is 1. The molecule has 9 heteroatoms. The van der Waals surface area contributed by atoms with E-state index < -0.39 is 41.3 Å². The second-order valence-corrected chi connectivity index (χ2v) is 10.5. The van der Waals surface area contributed by atoms with Crippen LogP contribution in [0, 0.1) is 17.7 Å². The van der Waals surface area contributed by atoms with Crippen LogP contribution in [0.2, 0.25) is 0 Å². The number of carbonyl (C=O) groups excluding carboxylic acids is 3. The molecule has 37 heavy (non-hydrogen) atoms. The van der Waals surface area contributed by atoms with E-state index in [0.717, 1.165) is 10.4 Å². The summed E-state index contributed by atoms with van der Waals surface area (Å²) in [5.41, 5.74) is -0.323. The molecule has 3 aliphatic heterocycles. The van der Waals surface area contributed by atoms with Crippen molar-refractivity contribution in [1.82, 2.24) is 10.2 Å². The van der Waals surface area contributed by atoms with E-state index in [9.17, 15) is 18.8 Å². The number of nitrogens with one attached hydrogen (secondary N) is 2. The van der Waals surface area contributed by atoms with Crippen molar-refractivity contribution >= 4 is 34.7 Å². The van der Waals surface area contributed by atoms with Gasteiger partial charge in [0.25, 0.3) is 0 Å². The van der Waals surface area contributed by atoms with Crippen LogP contribution in [0.5, 0.6) is 0 Å². The van der Waals surface area contributed by atoms with E-state index in [1.807, 2.05) is 47.8 Å². The second kappa shape index (κ2) is 9.24. The van der Waals surface area contributed by atoms with Crippen LogP contribution in [0.15, 0.2) is 84.3 Å². The van der Waals surface area contributed by atoms with Gasteiger partial charge in [0.15, 0.2) is 0 Å². The lowest BCUT2D eigenvalue weighted by Gasteiger charge is -2.32. The highest BCUT2D eigenvalue weighted by molar-refractivity contribution is 7.09. The number of ether oxygens (including phenoxy) is 1. The summed E-state index contributed by atoms with van der Waals surface area (Å²) in [5, 5.41) is 7.49. The van der Waals surface area contributed by atoms with Crippen LogP contribution in [-0.4, -0.2) is 40.4 Å². The van der Waals surface area contributed by atoms with Gasteiger partial charge in [0.05, 0.1) is 30.2 Å². The van der Waals surface area contributed by atoms with Crippen LogP contribution < -0.4 is 10.6 Å². The Hall–Kier alpha value is -3.82. The quantitative estimate of drug-likeness (QED) is 0.470. The zero-order valence-corrected chi connectivity index (χ0v) is 20.5. The topological polar surface area (TPSA) is 87.7 Å². The number of rotatable bonds is 7. The predicted molar refractivity (Wildman–Crippen MR) is 136 cm³/mol. The molecule has 2 aromatic carbocycles. The van der Waals surface area contributed by atoms with E-state index in [1.54, 1.807) is 18.2 Å². The van der Waals surface area contributed by atoms with Crippen molar-refractivity contribution in [3.63, 3.8) is 0 Å². The number of halogens is 1. The summed E-state index contributed by atoms with van der Waals surface area (Å²) in [6, 6.07) is 18.2. The molecule has 0 unspecified atom stereocenters. The standard InChI is InChI=1S/C28H24FN3O4S/c29-19-10-4-5-11-20(19)31-25(33)22-21-12-13-28(36-21)23(22)27(35)32(16-18-9-6-14-37-18)24(28)26(34)30-15-17-7-2-1-3-8-17/h1-14,21-24H,15-16H2,(H,30,34)(H,31,33)/t21-,22-,23-,24-,28-/m1/s1. The minimum Gasteiger partial charge on any atom is -0.359 e. The molecule has 1 aromatic heterocycles. The number of nitrogens with zero attached hydrogens (tertiary/aromatic N) is 1. The molecule has 5 atom stereocenters. The molecule has 2 fully saturated rings. The first kappa shape index (κ1) is 23.6. The van der Waals surface area contributed by atoms with Gasteiger partial charge >= 0.3 is 0 Å². The van der Waals surface area contributed by atoms with Crippen LogP contribution in [0.3, 0.4) is 0 Å². The lowest BCUT2D eigenvalue weighted by atomic mass is 9.74. The smallest absolute Gasteiger partial charge is 0.246 e. The summed E-state index contributed by atoms with van der Waals surface area (Å²) in [6.07, 6.45) is 2.81. The highest BCUT2D eigenvalue weighted by atomic mass is 32.1. The van der Waals surface area contributed by atoms with Gasteiger partial charge in [-0.05, 0) is 29.1 Å². The maximum atomic E-state index is 14.2. The Morgan fingerprint density at radius 2 is 1.81 bits per heavy atom. The average Bonchev–Trinajstić information content (AvgIpc) is 3.68. The summed E-state index contributed by atoms with van der Waals surface area (Å²) in [7, 11) is 0. The van der Waals surface area contributed by atoms with E-state index in [4.69, 9.17) is 4.74 Å². The molecule has 2 N–H and O–H groups in total. The van der Waals surface area contributed by atoms with E-state index in [-0.39, 0.29) is 24.0 Å². The lowest BCUT2D eigenvalue weighted by molar-refractivity contribution is -0.141. The maximum absolute atomic E-state index is 14.2. The number of thiophene rings is 1. The number of benzene rings is 2. The third-order valence-electron chi connectivity index (χ3n) is 7.27. The molecule has 7 nitrogen and oxygen atoms in total. The van der Waals surface area contributed by atoms with Gasteiger partial charge in [-0.25, -0.2) is 4.39 Å². The van der Waals surface area contributed by atoms with Crippen molar-refractivity contribution in [3.8, 4) is 0 Å². The molecule has 3 amide bonds. The van der Waals surface area contributed by atoms with Crippen LogP contribution in [0.4, 0.5) is 10.1 Å². The summed E-state index contributed by atoms with van der Waals surface area (Å²) in [4.78, 5) is 43.4. The third-order valence-corrected chi connectivity index (χ3v) is 8.13. The van der Waals surface area contributed by atoms with Crippen molar-refractivity contribution in [1.29, 1.82) is 0 Å². The number of hydrogen-bond donors (Lipinski definition) is 2. The van der Waals surface area contributed by atoms with Gasteiger partial charge in [-0.1, -0.05) is 60.7 Å². The fourth-order valence-electron chi connectivity index (χ4n) is 5.67. The fourth-order valence-corrected chi connectivity index (χ4v) is 6.37. The monoisotopic (exact) mass is 517 g/mol. The highest BCUT2D eigenvalue weighted by Gasteiger charge is 2.72. The molecule has 4 heterocycles. The van der Waals surface area contributed by atoms with Gasteiger partial charge in [-0.3, -0.25) is 14.4 Å². The summed E-state index contributed by atoms with van der Waals surface area (Å²) < 4.78 is 20.6. The maximum Gasteiger partial charge on any atom is 0.246 e. The number of hydrogen-bond acceptors (Lipinski definition) is 5. The van der Waals surface area contributed by atoms with Crippen molar-refractivity contribution < 1.29 is 23.5 Å². The van der Waals surface area contributed by atoms with Crippen molar-refractivity contribution in [2.24, 2.45) is 11.8 Å². The molecule has 2 saturated heterocycles. The Morgan fingerprint density at radius 3 is 2.57 bits per heavy atom. The van der Waals surface area contributed by atoms with Crippen LogP contribution in [0.25, 0.3) is 0 Å². The van der Waals surface area contributed by atoms with Crippen molar-refractivity contribution in [3.05, 3.63) is 101 Å². The average molecular weight is 518 g/mol. The van der Waals surface area contributed by atoms with E-state index in [2.05, 4.69) is 10.6 Å². The molecule has 1 spiro atoms. The Labute approximate surface area is 216 Å². The highest BCUT2D eigenvalue weighted by Crippen LogP contribution is 2.55. The number of likely N-dealkylation sites (tertiary alicyclic amines) is 1. The normalized spacial score (nSPS) is 27.4. The fraction of sp³-hybridized carbons (Fsp3) is 0.250. The first-order valence-corrected chi connectivity index (χ1v) is 12.9. The Balaban J connectivity index is 1.32. The summed E-state index contributed by atoms with van der Waals surface area (Å²) in [6.45, 7) is 0.518. The van der Waals surface area contributed by atoms with Crippen molar-refractivity contribution in [2.75, 3.05) is 5.32 Å². The van der Waals surface area contributed by atoms with Gasteiger partial charge in [0, 0.05) is 11.4 Å². The van der Waals surface area contributed by atoms with Crippen LogP contribution in [-0.2, 0) is 32.2 Å². The Kier molecular flexibility index (Phi) is 5.89. The molecule has 0 radical (unpaired) electrons. The van der Waals surface area contributed by atoms with Crippen molar-refractivity contribution in [2.45, 2.75) is 30.8 Å². The molecule has 3 aliphatic rings. The number of fused-ring (bicyclic) bond motifs is 1. The zero-order valence-electron chi connectivity index (χ0n) is 19.7. The largest absolute Gasteiger partial charge is 0.359 e. The predicted octanol–water partition coefficient (Wildman–Crippen LogP) is 3.49. The summed E-state index contributed by atoms with van der Waals surface area (Å²) >= 11 is 1.49. The number of anilines is 1. The molecule has 2 bridgehead atoms. The molecule has 188 valence electrons. The van der Waals surface area contributed by atoms with E-state index >= 15 is 0 Å². The molecule has 0 saturated carbocycles. The minimum atomic E-state index is -1.28. The molecule has 6 rings (SSSR count). The number of carbonyl (C=O) groups is 3. The first-order valence-electron chi connectivity index (χ1n) is 12.0. The van der Waals surface area contributed by atoms with Gasteiger partial charge in [-0.15, -0.1) is 11.3 Å². The third kappa shape index (κ3) is 3.95. The van der Waals surface area contributed by atoms with E-state index in [1.165, 1.54) is 34.4 Å². The SMILES string of the molecule is O=C(Nc1ccccc1F)[C@@H]1[C@H]2C=C[C@@]3(O2)[C@H]1C(=O)N(Cc1cccs1)[C@@H]3C(=O)NCc1ccccc1. The van der Waals surface area contributed by atoms with Gasteiger partial charge < -0.3 is 20.3 Å². The molecular formula is C28H24FN3O4S.